The van der Waals surface area contributed by atoms with Crippen LogP contribution in [0.4, 0.5) is 0 Å². The largest absolute Gasteiger partial charge is 0.324 e. The lowest BCUT2D eigenvalue weighted by molar-refractivity contribution is 0.718. The second kappa shape index (κ2) is 6.56. The van der Waals surface area contributed by atoms with E-state index in [0.717, 1.165) is 27.9 Å². The molecule has 0 amide bonds. The van der Waals surface area contributed by atoms with E-state index >= 15 is 0 Å². The molecular formula is C16H17BrClN. The van der Waals surface area contributed by atoms with Crippen LogP contribution < -0.4 is 5.73 Å². The lowest BCUT2D eigenvalue weighted by Gasteiger charge is -2.14. The van der Waals surface area contributed by atoms with Crippen molar-refractivity contribution in [2.45, 2.75) is 25.8 Å². The van der Waals surface area contributed by atoms with Crippen LogP contribution in [-0.4, -0.2) is 0 Å². The van der Waals surface area contributed by atoms with Gasteiger partial charge >= 0.3 is 0 Å². The summed E-state index contributed by atoms with van der Waals surface area (Å²) in [5, 5.41) is 0.718. The molecule has 0 radical (unpaired) electrons. The number of nitrogens with two attached hydrogens (primary N) is 1. The summed E-state index contributed by atoms with van der Waals surface area (Å²) >= 11 is 9.46. The van der Waals surface area contributed by atoms with Crippen molar-refractivity contribution in [1.29, 1.82) is 0 Å². The molecule has 0 heterocycles. The Morgan fingerprint density at radius 3 is 2.32 bits per heavy atom. The van der Waals surface area contributed by atoms with Gasteiger partial charge < -0.3 is 5.73 Å². The molecular weight excluding hydrogens is 322 g/mol. The minimum Gasteiger partial charge on any atom is -0.324 e. The first kappa shape index (κ1) is 14.6. The van der Waals surface area contributed by atoms with Crippen LogP contribution in [0.2, 0.25) is 5.02 Å². The maximum absolute atomic E-state index is 6.28. The van der Waals surface area contributed by atoms with Crippen LogP contribution in [0.25, 0.3) is 0 Å². The van der Waals surface area contributed by atoms with E-state index in [1.807, 2.05) is 18.2 Å². The normalized spacial score (nSPS) is 12.4. The van der Waals surface area contributed by atoms with Crippen LogP contribution >= 0.6 is 27.5 Å². The zero-order valence-electron chi connectivity index (χ0n) is 10.9. The van der Waals surface area contributed by atoms with E-state index in [0.29, 0.717) is 0 Å². The molecule has 0 aliphatic heterocycles. The van der Waals surface area contributed by atoms with Gasteiger partial charge in [0.2, 0.25) is 0 Å². The molecule has 19 heavy (non-hydrogen) atoms. The van der Waals surface area contributed by atoms with Gasteiger partial charge in [-0.1, -0.05) is 64.8 Å². The summed E-state index contributed by atoms with van der Waals surface area (Å²) in [5.41, 5.74) is 9.97. The van der Waals surface area contributed by atoms with Gasteiger partial charge in [0.15, 0.2) is 0 Å². The van der Waals surface area contributed by atoms with E-state index in [1.165, 1.54) is 11.1 Å². The number of hydrogen-bond acceptors (Lipinski definition) is 1. The van der Waals surface area contributed by atoms with Gasteiger partial charge in [0.05, 0.1) is 0 Å². The second-order valence-electron chi connectivity index (χ2n) is 4.65. The van der Waals surface area contributed by atoms with Gasteiger partial charge in [-0.05, 0) is 41.7 Å². The van der Waals surface area contributed by atoms with Crippen LogP contribution in [0.15, 0.2) is 46.9 Å². The summed E-state index contributed by atoms with van der Waals surface area (Å²) in [6, 6.07) is 14.4. The van der Waals surface area contributed by atoms with E-state index in [-0.39, 0.29) is 6.04 Å². The molecule has 0 aromatic heterocycles. The van der Waals surface area contributed by atoms with E-state index in [2.05, 4.69) is 47.1 Å². The van der Waals surface area contributed by atoms with Crippen molar-refractivity contribution in [3.8, 4) is 0 Å². The average molecular weight is 339 g/mol. The third-order valence-corrected chi connectivity index (χ3v) is 4.17. The van der Waals surface area contributed by atoms with Crippen molar-refractivity contribution < 1.29 is 0 Å². The molecule has 1 unspecified atom stereocenters. The first-order valence-electron chi connectivity index (χ1n) is 6.38. The van der Waals surface area contributed by atoms with E-state index in [1.54, 1.807) is 0 Å². The summed E-state index contributed by atoms with van der Waals surface area (Å²) in [6.45, 7) is 2.16. The second-order valence-corrected chi connectivity index (χ2v) is 5.94. The third kappa shape index (κ3) is 3.82. The Labute approximate surface area is 127 Å². The Bertz CT molecular complexity index is 551. The van der Waals surface area contributed by atoms with Gasteiger partial charge in [0.25, 0.3) is 0 Å². The monoisotopic (exact) mass is 337 g/mol. The van der Waals surface area contributed by atoms with Crippen molar-refractivity contribution in [3.63, 3.8) is 0 Å². The number of hydrogen-bond donors (Lipinski definition) is 1. The molecule has 0 aliphatic rings. The highest BCUT2D eigenvalue weighted by Gasteiger charge is 2.11. The Morgan fingerprint density at radius 2 is 1.74 bits per heavy atom. The first-order valence-corrected chi connectivity index (χ1v) is 7.55. The molecule has 0 fully saturated rings. The van der Waals surface area contributed by atoms with Gasteiger partial charge in [-0.25, -0.2) is 0 Å². The number of halogens is 2. The van der Waals surface area contributed by atoms with Crippen molar-refractivity contribution in [2.24, 2.45) is 5.73 Å². The SMILES string of the molecule is CCc1ccc(CC(N)c2ccc(Cl)cc2Br)cc1. The van der Waals surface area contributed by atoms with E-state index < -0.39 is 0 Å². The number of rotatable bonds is 4. The fourth-order valence-corrected chi connectivity index (χ4v) is 3.05. The topological polar surface area (TPSA) is 26.0 Å². The zero-order valence-corrected chi connectivity index (χ0v) is 13.2. The first-order chi connectivity index (χ1) is 9.10. The molecule has 1 nitrogen and oxygen atoms in total. The summed E-state index contributed by atoms with van der Waals surface area (Å²) in [7, 11) is 0. The smallest absolute Gasteiger partial charge is 0.0417 e. The van der Waals surface area contributed by atoms with Crippen molar-refractivity contribution >= 4 is 27.5 Å². The standard InChI is InChI=1S/C16H17BrClN/c1-2-11-3-5-12(6-4-11)9-16(19)14-8-7-13(18)10-15(14)17/h3-8,10,16H,2,9,19H2,1H3. The summed E-state index contributed by atoms with van der Waals surface area (Å²) in [4.78, 5) is 0. The van der Waals surface area contributed by atoms with Gasteiger partial charge in [-0.2, -0.15) is 0 Å². The fourth-order valence-electron chi connectivity index (χ4n) is 2.08. The summed E-state index contributed by atoms with van der Waals surface area (Å²) < 4.78 is 0.970. The highest BCUT2D eigenvalue weighted by molar-refractivity contribution is 9.10. The van der Waals surface area contributed by atoms with Gasteiger partial charge in [0.1, 0.15) is 0 Å². The maximum Gasteiger partial charge on any atom is 0.0417 e. The van der Waals surface area contributed by atoms with Crippen LogP contribution in [0.1, 0.15) is 29.7 Å². The van der Waals surface area contributed by atoms with Crippen LogP contribution in [-0.2, 0) is 12.8 Å². The Morgan fingerprint density at radius 1 is 1.11 bits per heavy atom. The molecule has 0 saturated heterocycles. The lowest BCUT2D eigenvalue weighted by atomic mass is 9.98. The van der Waals surface area contributed by atoms with Crippen molar-refractivity contribution in [2.75, 3.05) is 0 Å². The molecule has 2 rings (SSSR count). The van der Waals surface area contributed by atoms with E-state index in [4.69, 9.17) is 17.3 Å². The average Bonchev–Trinajstić information content (AvgIpc) is 2.39. The maximum atomic E-state index is 6.28. The Kier molecular flexibility index (Phi) is 5.03. The lowest BCUT2D eigenvalue weighted by Crippen LogP contribution is -2.14. The third-order valence-electron chi connectivity index (χ3n) is 3.25. The fraction of sp³-hybridized carbons (Fsp3) is 0.250. The van der Waals surface area contributed by atoms with Gasteiger partial charge in [0, 0.05) is 15.5 Å². The molecule has 1 atom stereocenters. The molecule has 3 heteroatoms. The molecule has 2 aromatic carbocycles. The minimum absolute atomic E-state index is 0.0286. The Hall–Kier alpha value is -0.830. The van der Waals surface area contributed by atoms with Gasteiger partial charge in [-0.3, -0.25) is 0 Å². The summed E-state index contributed by atoms with van der Waals surface area (Å²) in [6.07, 6.45) is 1.89. The molecule has 2 aromatic rings. The quantitative estimate of drug-likeness (QED) is 0.842. The number of aryl methyl sites for hydroxylation is 1. The molecule has 2 N–H and O–H groups in total. The molecule has 0 aliphatic carbocycles. The highest BCUT2D eigenvalue weighted by atomic mass is 79.9. The van der Waals surface area contributed by atoms with Crippen molar-refractivity contribution in [3.05, 3.63) is 68.7 Å². The van der Waals surface area contributed by atoms with Crippen LogP contribution in [0.3, 0.4) is 0 Å². The van der Waals surface area contributed by atoms with Crippen LogP contribution in [0, 0.1) is 0 Å². The zero-order chi connectivity index (χ0) is 13.8. The Balaban J connectivity index is 2.13. The van der Waals surface area contributed by atoms with Crippen molar-refractivity contribution in [1.82, 2.24) is 0 Å². The molecule has 100 valence electrons. The summed E-state index contributed by atoms with van der Waals surface area (Å²) in [5.74, 6) is 0. The molecule has 0 bridgehead atoms. The van der Waals surface area contributed by atoms with Crippen LogP contribution in [0.5, 0.6) is 0 Å². The molecule has 0 spiro atoms. The predicted octanol–water partition coefficient (Wildman–Crippen LogP) is 4.91. The predicted molar refractivity (Wildman–Crippen MR) is 85.6 cm³/mol. The highest BCUT2D eigenvalue weighted by Crippen LogP contribution is 2.27. The van der Waals surface area contributed by atoms with Gasteiger partial charge in [-0.15, -0.1) is 0 Å². The minimum atomic E-state index is -0.0286. The number of benzene rings is 2. The molecule has 0 saturated carbocycles. The van der Waals surface area contributed by atoms with E-state index in [9.17, 15) is 0 Å².